The number of urea groups is 1. The zero-order valence-corrected chi connectivity index (χ0v) is 11.3. The van der Waals surface area contributed by atoms with Crippen LogP contribution in [0.4, 0.5) is 23.7 Å². The Morgan fingerprint density at radius 3 is 2.68 bits per heavy atom. The van der Waals surface area contributed by atoms with Crippen LogP contribution in [0.25, 0.3) is 0 Å². The SMILES string of the molecule is O=C1C2[C@H]3C[C@@H](CN3)N2C(=O)N1c1cccc(C(F)(F)F)c1. The third kappa shape index (κ3) is 1.70. The van der Waals surface area contributed by atoms with Gasteiger partial charge in [0.05, 0.1) is 11.3 Å². The van der Waals surface area contributed by atoms with Crippen LogP contribution < -0.4 is 10.2 Å². The molecule has 3 aliphatic rings. The van der Waals surface area contributed by atoms with Gasteiger partial charge in [0.15, 0.2) is 0 Å². The average Bonchev–Trinajstić information content (AvgIpc) is 3.12. The number of carbonyl (C=O) groups is 2. The van der Waals surface area contributed by atoms with Crippen molar-refractivity contribution in [2.24, 2.45) is 0 Å². The lowest BCUT2D eigenvalue weighted by Gasteiger charge is -2.26. The first kappa shape index (κ1) is 13.6. The summed E-state index contributed by atoms with van der Waals surface area (Å²) < 4.78 is 38.4. The Bertz CT molecular complexity index is 648. The molecule has 5 nitrogen and oxygen atoms in total. The minimum absolute atomic E-state index is 0.0291. The van der Waals surface area contributed by atoms with Crippen LogP contribution >= 0.6 is 0 Å². The fraction of sp³-hybridized carbons (Fsp3) is 0.429. The van der Waals surface area contributed by atoms with Gasteiger partial charge in [0.1, 0.15) is 6.04 Å². The predicted octanol–water partition coefficient (Wildman–Crippen LogP) is 1.59. The fourth-order valence-electron chi connectivity index (χ4n) is 3.59. The number of hydrogen-bond acceptors (Lipinski definition) is 3. The Balaban J connectivity index is 1.72. The maximum atomic E-state index is 12.8. The van der Waals surface area contributed by atoms with Crippen molar-refractivity contribution in [1.29, 1.82) is 0 Å². The summed E-state index contributed by atoms with van der Waals surface area (Å²) in [5.41, 5.74) is -0.905. The lowest BCUT2D eigenvalue weighted by atomic mass is 10.1. The number of fused-ring (bicyclic) bond motifs is 5. The normalized spacial score (nSPS) is 30.4. The molecule has 3 amide bonds. The molecule has 1 aromatic carbocycles. The molecule has 2 bridgehead atoms. The number of halogens is 3. The van der Waals surface area contributed by atoms with E-state index in [1.54, 1.807) is 0 Å². The monoisotopic (exact) mass is 311 g/mol. The number of imide groups is 1. The summed E-state index contributed by atoms with van der Waals surface area (Å²) in [5, 5.41) is 3.16. The molecule has 116 valence electrons. The summed E-state index contributed by atoms with van der Waals surface area (Å²) in [6, 6.07) is 3.04. The maximum Gasteiger partial charge on any atom is 0.416 e. The van der Waals surface area contributed by atoms with Crippen LogP contribution in [-0.2, 0) is 11.0 Å². The molecule has 1 aromatic rings. The Morgan fingerprint density at radius 1 is 1.23 bits per heavy atom. The van der Waals surface area contributed by atoms with Crippen molar-refractivity contribution in [2.45, 2.75) is 30.7 Å². The van der Waals surface area contributed by atoms with Gasteiger partial charge in [0.2, 0.25) is 0 Å². The number of carbonyl (C=O) groups excluding carboxylic acids is 2. The van der Waals surface area contributed by atoms with E-state index in [0.29, 0.717) is 6.54 Å². The molecule has 8 heteroatoms. The maximum absolute atomic E-state index is 12.8. The highest BCUT2D eigenvalue weighted by atomic mass is 19.4. The standard InChI is InChI=1S/C14H12F3N3O2/c15-14(16,17)7-2-1-3-8(4-7)20-12(21)11-10-5-9(6-18-10)19(11)13(20)22/h1-4,9-11,18H,5-6H2/t9-,10+,11?/m0/s1. The number of rotatable bonds is 1. The van der Waals surface area contributed by atoms with E-state index in [1.807, 2.05) is 0 Å². The second kappa shape index (κ2) is 4.22. The average molecular weight is 311 g/mol. The fourth-order valence-corrected chi connectivity index (χ4v) is 3.59. The van der Waals surface area contributed by atoms with Crippen LogP contribution in [0.3, 0.4) is 0 Å². The molecule has 0 spiro atoms. The van der Waals surface area contributed by atoms with Gasteiger partial charge in [-0.3, -0.25) is 4.79 Å². The van der Waals surface area contributed by atoms with E-state index in [-0.39, 0.29) is 17.8 Å². The smallest absolute Gasteiger partial charge is 0.309 e. The van der Waals surface area contributed by atoms with Gasteiger partial charge in [0.25, 0.3) is 5.91 Å². The van der Waals surface area contributed by atoms with Crippen molar-refractivity contribution < 1.29 is 22.8 Å². The Labute approximate surface area is 123 Å². The lowest BCUT2D eigenvalue weighted by molar-refractivity contribution is -0.137. The van der Waals surface area contributed by atoms with Crippen LogP contribution in [0.15, 0.2) is 24.3 Å². The van der Waals surface area contributed by atoms with Crippen molar-refractivity contribution in [2.75, 3.05) is 11.4 Å². The number of amides is 3. The molecular weight excluding hydrogens is 299 g/mol. The first-order chi connectivity index (χ1) is 10.4. The van der Waals surface area contributed by atoms with E-state index < -0.39 is 29.7 Å². The quantitative estimate of drug-likeness (QED) is 0.801. The largest absolute Gasteiger partial charge is 0.416 e. The zero-order chi connectivity index (χ0) is 15.6. The Morgan fingerprint density at radius 2 is 2.00 bits per heavy atom. The van der Waals surface area contributed by atoms with Crippen LogP contribution in [0.5, 0.6) is 0 Å². The number of alkyl halides is 3. The van der Waals surface area contributed by atoms with Crippen molar-refractivity contribution in [3.05, 3.63) is 29.8 Å². The molecule has 3 heterocycles. The molecule has 3 fully saturated rings. The molecule has 22 heavy (non-hydrogen) atoms. The molecule has 3 atom stereocenters. The molecule has 0 radical (unpaired) electrons. The molecule has 3 aliphatic heterocycles. The third-order valence-electron chi connectivity index (χ3n) is 4.53. The number of nitrogens with zero attached hydrogens (tertiary/aromatic N) is 2. The minimum atomic E-state index is -4.52. The lowest BCUT2D eigenvalue weighted by Crippen LogP contribution is -2.51. The third-order valence-corrected chi connectivity index (χ3v) is 4.53. The number of nitrogens with one attached hydrogen (secondary N) is 1. The predicted molar refractivity (Wildman–Crippen MR) is 70.1 cm³/mol. The van der Waals surface area contributed by atoms with Crippen LogP contribution in [0, 0.1) is 0 Å². The number of piperazine rings is 1. The van der Waals surface area contributed by atoms with E-state index >= 15 is 0 Å². The summed E-state index contributed by atoms with van der Waals surface area (Å²) in [6.07, 6.45) is -3.79. The van der Waals surface area contributed by atoms with Crippen molar-refractivity contribution >= 4 is 17.6 Å². The second-order valence-corrected chi connectivity index (χ2v) is 5.76. The molecule has 0 aliphatic carbocycles. The first-order valence-corrected chi connectivity index (χ1v) is 6.95. The van der Waals surface area contributed by atoms with Gasteiger partial charge in [-0.15, -0.1) is 0 Å². The highest BCUT2D eigenvalue weighted by molar-refractivity contribution is 6.22. The summed E-state index contributed by atoms with van der Waals surface area (Å²) in [4.78, 5) is 27.3. The highest BCUT2D eigenvalue weighted by Gasteiger charge is 2.59. The van der Waals surface area contributed by atoms with Gasteiger partial charge in [-0.25, -0.2) is 9.69 Å². The summed E-state index contributed by atoms with van der Waals surface area (Å²) in [6.45, 7) is 0.622. The van der Waals surface area contributed by atoms with Gasteiger partial charge in [-0.05, 0) is 24.6 Å². The van der Waals surface area contributed by atoms with Gasteiger partial charge >= 0.3 is 12.2 Å². The van der Waals surface area contributed by atoms with Gasteiger partial charge in [0, 0.05) is 18.6 Å². The molecule has 1 unspecified atom stereocenters. The van der Waals surface area contributed by atoms with E-state index in [0.717, 1.165) is 23.5 Å². The van der Waals surface area contributed by atoms with E-state index in [4.69, 9.17) is 0 Å². The topological polar surface area (TPSA) is 52.7 Å². The number of hydrogen-bond donors (Lipinski definition) is 1. The van der Waals surface area contributed by atoms with Gasteiger partial charge in [-0.1, -0.05) is 6.07 Å². The summed E-state index contributed by atoms with van der Waals surface area (Å²) in [7, 11) is 0. The van der Waals surface area contributed by atoms with Crippen molar-refractivity contribution in [1.82, 2.24) is 10.2 Å². The van der Waals surface area contributed by atoms with Crippen LogP contribution in [0.1, 0.15) is 12.0 Å². The van der Waals surface area contributed by atoms with Crippen LogP contribution in [0.2, 0.25) is 0 Å². The van der Waals surface area contributed by atoms with E-state index in [9.17, 15) is 22.8 Å². The summed E-state index contributed by atoms with van der Waals surface area (Å²) >= 11 is 0. The van der Waals surface area contributed by atoms with Crippen LogP contribution in [-0.4, -0.2) is 41.5 Å². The molecule has 4 rings (SSSR count). The molecular formula is C14H12F3N3O2. The summed E-state index contributed by atoms with van der Waals surface area (Å²) in [5.74, 6) is -0.455. The van der Waals surface area contributed by atoms with Crippen molar-refractivity contribution in [3.8, 4) is 0 Å². The molecule has 0 saturated carbocycles. The first-order valence-electron chi connectivity index (χ1n) is 6.95. The molecule has 1 N–H and O–H groups in total. The zero-order valence-electron chi connectivity index (χ0n) is 11.3. The second-order valence-electron chi connectivity index (χ2n) is 5.76. The number of benzene rings is 1. The molecule has 3 saturated heterocycles. The highest BCUT2D eigenvalue weighted by Crippen LogP contribution is 2.39. The minimum Gasteiger partial charge on any atom is -0.309 e. The number of anilines is 1. The Hall–Kier alpha value is -2.09. The van der Waals surface area contributed by atoms with Gasteiger partial charge in [-0.2, -0.15) is 13.2 Å². The molecule has 0 aromatic heterocycles. The van der Waals surface area contributed by atoms with E-state index in [1.165, 1.54) is 17.0 Å². The van der Waals surface area contributed by atoms with E-state index in [2.05, 4.69) is 5.32 Å². The van der Waals surface area contributed by atoms with Gasteiger partial charge < -0.3 is 10.2 Å². The Kier molecular flexibility index (Phi) is 2.60. The van der Waals surface area contributed by atoms with Crippen molar-refractivity contribution in [3.63, 3.8) is 0 Å².